The van der Waals surface area contributed by atoms with Crippen LogP contribution in [0.25, 0.3) is 0 Å². The number of hydrogen-bond donors (Lipinski definition) is 0. The molecule has 19 heavy (non-hydrogen) atoms. The third-order valence-corrected chi connectivity index (χ3v) is 2.72. The van der Waals surface area contributed by atoms with Crippen LogP contribution < -0.4 is 4.74 Å². The fraction of sp³-hybridized carbons (Fsp3) is 0.125. The van der Waals surface area contributed by atoms with Crippen LogP contribution in [-0.2, 0) is 0 Å². The van der Waals surface area contributed by atoms with Crippen LogP contribution in [-0.4, -0.2) is 19.1 Å². The highest BCUT2D eigenvalue weighted by molar-refractivity contribution is 6.35. The minimum atomic E-state index is -0.109. The van der Waals surface area contributed by atoms with Gasteiger partial charge in [0, 0.05) is 11.6 Å². The molecule has 2 aromatic rings. The van der Waals surface area contributed by atoms with E-state index in [0.29, 0.717) is 11.3 Å². The van der Waals surface area contributed by atoms with Gasteiger partial charge in [-0.25, -0.2) is 0 Å². The molecule has 0 amide bonds. The highest BCUT2D eigenvalue weighted by Gasteiger charge is 2.01. The molecule has 0 heterocycles. The highest BCUT2D eigenvalue weighted by atomic mass is 16.5. The normalized spacial score (nSPS) is 10.6. The lowest BCUT2D eigenvalue weighted by Crippen LogP contribution is -1.99. The SMILES string of the molecule is COc1cccc(N=CC(=O)c2ccc(C)cc2)c1. The standard InChI is InChI=1S/C16H15NO2/c1-12-6-8-13(9-7-12)16(18)11-17-14-4-3-5-15(10-14)19-2/h3-11H,1-2H3. The van der Waals surface area contributed by atoms with Crippen LogP contribution in [0, 0.1) is 6.92 Å². The van der Waals surface area contributed by atoms with Crippen molar-refractivity contribution in [1.29, 1.82) is 0 Å². The fourth-order valence-electron chi connectivity index (χ4n) is 1.62. The second kappa shape index (κ2) is 5.96. The molecule has 0 spiro atoms. The van der Waals surface area contributed by atoms with Gasteiger partial charge in [-0.15, -0.1) is 0 Å². The number of aliphatic imine (C=N–C) groups is 1. The molecule has 0 bridgehead atoms. The third-order valence-electron chi connectivity index (χ3n) is 2.72. The zero-order chi connectivity index (χ0) is 13.7. The molecule has 2 aromatic carbocycles. The number of benzene rings is 2. The van der Waals surface area contributed by atoms with Gasteiger partial charge < -0.3 is 4.74 Å². The van der Waals surface area contributed by atoms with Crippen molar-refractivity contribution in [2.75, 3.05) is 7.11 Å². The van der Waals surface area contributed by atoms with Gasteiger partial charge in [-0.3, -0.25) is 9.79 Å². The van der Waals surface area contributed by atoms with E-state index in [0.717, 1.165) is 11.3 Å². The van der Waals surface area contributed by atoms with Crippen molar-refractivity contribution in [3.8, 4) is 5.75 Å². The number of aryl methyl sites for hydroxylation is 1. The fourth-order valence-corrected chi connectivity index (χ4v) is 1.62. The number of rotatable bonds is 4. The largest absolute Gasteiger partial charge is 0.497 e. The van der Waals surface area contributed by atoms with Crippen molar-refractivity contribution < 1.29 is 9.53 Å². The van der Waals surface area contributed by atoms with Crippen molar-refractivity contribution >= 4 is 17.7 Å². The van der Waals surface area contributed by atoms with Gasteiger partial charge in [-0.2, -0.15) is 0 Å². The summed E-state index contributed by atoms with van der Waals surface area (Å²) in [5.41, 5.74) is 2.46. The number of carbonyl (C=O) groups excluding carboxylic acids is 1. The van der Waals surface area contributed by atoms with E-state index in [2.05, 4.69) is 4.99 Å². The van der Waals surface area contributed by atoms with E-state index >= 15 is 0 Å². The minimum absolute atomic E-state index is 0.109. The van der Waals surface area contributed by atoms with Gasteiger partial charge >= 0.3 is 0 Å². The van der Waals surface area contributed by atoms with Crippen LogP contribution in [0.15, 0.2) is 53.5 Å². The number of hydrogen-bond acceptors (Lipinski definition) is 3. The van der Waals surface area contributed by atoms with Crippen LogP contribution in [0.5, 0.6) is 5.75 Å². The zero-order valence-electron chi connectivity index (χ0n) is 11.0. The van der Waals surface area contributed by atoms with Crippen LogP contribution in [0.4, 0.5) is 5.69 Å². The van der Waals surface area contributed by atoms with Crippen molar-refractivity contribution in [2.24, 2.45) is 4.99 Å². The summed E-state index contributed by atoms with van der Waals surface area (Å²) < 4.78 is 5.10. The third kappa shape index (κ3) is 3.52. The lowest BCUT2D eigenvalue weighted by atomic mass is 10.1. The van der Waals surface area contributed by atoms with Gasteiger partial charge in [-0.1, -0.05) is 35.9 Å². The highest BCUT2D eigenvalue weighted by Crippen LogP contribution is 2.19. The smallest absolute Gasteiger partial charge is 0.204 e. The molecular formula is C16H15NO2. The molecule has 3 heteroatoms. The Labute approximate surface area is 112 Å². The molecule has 0 aliphatic carbocycles. The van der Waals surface area contributed by atoms with Crippen molar-refractivity contribution in [2.45, 2.75) is 6.92 Å². The summed E-state index contributed by atoms with van der Waals surface area (Å²) in [6, 6.07) is 14.7. The Balaban J connectivity index is 2.13. The summed E-state index contributed by atoms with van der Waals surface area (Å²) >= 11 is 0. The molecule has 0 aromatic heterocycles. The monoisotopic (exact) mass is 253 g/mol. The van der Waals surface area contributed by atoms with E-state index in [1.807, 2.05) is 37.3 Å². The number of Topliss-reactive ketones (excluding diaryl/α,β-unsaturated/α-hetero) is 1. The van der Waals surface area contributed by atoms with Gasteiger partial charge in [-0.05, 0) is 19.1 Å². The molecular weight excluding hydrogens is 238 g/mol. The van der Waals surface area contributed by atoms with E-state index in [1.54, 1.807) is 25.3 Å². The zero-order valence-corrected chi connectivity index (χ0v) is 11.0. The maximum atomic E-state index is 11.9. The average molecular weight is 253 g/mol. The molecule has 2 rings (SSSR count). The quantitative estimate of drug-likeness (QED) is 0.617. The molecule has 0 saturated carbocycles. The van der Waals surface area contributed by atoms with Crippen LogP contribution in [0.1, 0.15) is 15.9 Å². The van der Waals surface area contributed by atoms with E-state index < -0.39 is 0 Å². The maximum Gasteiger partial charge on any atom is 0.204 e. The molecule has 0 radical (unpaired) electrons. The number of ether oxygens (including phenoxy) is 1. The maximum absolute atomic E-state index is 11.9. The molecule has 0 aliphatic rings. The van der Waals surface area contributed by atoms with Crippen molar-refractivity contribution in [3.63, 3.8) is 0 Å². The summed E-state index contributed by atoms with van der Waals surface area (Å²) in [5, 5.41) is 0. The van der Waals surface area contributed by atoms with E-state index in [9.17, 15) is 4.79 Å². The number of ketones is 1. The van der Waals surface area contributed by atoms with Crippen molar-refractivity contribution in [3.05, 3.63) is 59.7 Å². The molecule has 3 nitrogen and oxygen atoms in total. The second-order valence-electron chi connectivity index (χ2n) is 4.19. The molecule has 96 valence electrons. The Morgan fingerprint density at radius 1 is 1.16 bits per heavy atom. The Morgan fingerprint density at radius 2 is 1.89 bits per heavy atom. The lowest BCUT2D eigenvalue weighted by Gasteiger charge is -2.00. The van der Waals surface area contributed by atoms with Gasteiger partial charge in [0.25, 0.3) is 0 Å². The Kier molecular flexibility index (Phi) is 4.08. The molecule has 0 aliphatic heterocycles. The van der Waals surface area contributed by atoms with Crippen molar-refractivity contribution in [1.82, 2.24) is 0 Å². The number of nitrogens with zero attached hydrogens (tertiary/aromatic N) is 1. The van der Waals surface area contributed by atoms with Gasteiger partial charge in [0.05, 0.1) is 19.0 Å². The minimum Gasteiger partial charge on any atom is -0.497 e. The Bertz CT molecular complexity index is 600. The first kappa shape index (κ1) is 13.0. The van der Waals surface area contributed by atoms with Gasteiger partial charge in [0.15, 0.2) is 0 Å². The summed E-state index contributed by atoms with van der Waals surface area (Å²) in [4.78, 5) is 16.1. The summed E-state index contributed by atoms with van der Waals surface area (Å²) in [6.07, 6.45) is 1.33. The Hall–Kier alpha value is -2.42. The molecule has 0 atom stereocenters. The lowest BCUT2D eigenvalue weighted by molar-refractivity contribution is 0.107. The molecule has 0 N–H and O–H groups in total. The number of carbonyl (C=O) groups is 1. The molecule has 0 unspecified atom stereocenters. The van der Waals surface area contributed by atoms with Crippen LogP contribution in [0.2, 0.25) is 0 Å². The van der Waals surface area contributed by atoms with E-state index in [1.165, 1.54) is 6.21 Å². The first-order valence-corrected chi connectivity index (χ1v) is 5.98. The first-order valence-electron chi connectivity index (χ1n) is 5.98. The van der Waals surface area contributed by atoms with E-state index in [4.69, 9.17) is 4.74 Å². The van der Waals surface area contributed by atoms with E-state index in [-0.39, 0.29) is 5.78 Å². The number of methoxy groups -OCH3 is 1. The first-order chi connectivity index (χ1) is 9.19. The average Bonchev–Trinajstić information content (AvgIpc) is 2.46. The van der Waals surface area contributed by atoms with Crippen LogP contribution >= 0.6 is 0 Å². The van der Waals surface area contributed by atoms with Gasteiger partial charge in [0.2, 0.25) is 5.78 Å². The molecule has 0 saturated heterocycles. The predicted octanol–water partition coefficient (Wildman–Crippen LogP) is 3.59. The summed E-state index contributed by atoms with van der Waals surface area (Å²) in [5.74, 6) is 0.611. The van der Waals surface area contributed by atoms with Gasteiger partial charge in [0.1, 0.15) is 5.75 Å². The molecule has 0 fully saturated rings. The second-order valence-corrected chi connectivity index (χ2v) is 4.19. The predicted molar refractivity (Wildman–Crippen MR) is 76.7 cm³/mol. The van der Waals surface area contributed by atoms with Crippen LogP contribution in [0.3, 0.4) is 0 Å². The summed E-state index contributed by atoms with van der Waals surface area (Å²) in [7, 11) is 1.60. The topological polar surface area (TPSA) is 38.7 Å². The Morgan fingerprint density at radius 3 is 2.58 bits per heavy atom. The summed E-state index contributed by atoms with van der Waals surface area (Å²) in [6.45, 7) is 1.98.